The van der Waals surface area contributed by atoms with Gasteiger partial charge >= 0.3 is 0 Å². The van der Waals surface area contributed by atoms with Gasteiger partial charge in [0.25, 0.3) is 0 Å². The van der Waals surface area contributed by atoms with E-state index >= 15 is 0 Å². The van der Waals surface area contributed by atoms with Crippen LogP contribution in [-0.2, 0) is 0 Å². The molecule has 0 amide bonds. The van der Waals surface area contributed by atoms with Crippen LogP contribution in [0.25, 0.3) is 0 Å². The molecular weight excluding hydrogens is 220 g/mol. The average Bonchev–Trinajstić information content (AvgIpc) is 2.35. The smallest absolute Gasteiger partial charge is 0.124 e. The second-order valence-electron chi connectivity index (χ2n) is 3.81. The summed E-state index contributed by atoms with van der Waals surface area (Å²) in [5.41, 5.74) is 0.876. The fraction of sp³-hybridized carbons (Fsp3) is 0.538. The van der Waals surface area contributed by atoms with Gasteiger partial charge in [-0.1, -0.05) is 32.0 Å². The van der Waals surface area contributed by atoms with Crippen molar-refractivity contribution < 1.29 is 9.84 Å². The Morgan fingerprint density at radius 2 is 2.06 bits per heavy atom. The fourth-order valence-electron chi connectivity index (χ4n) is 1.40. The molecule has 1 N–H and O–H groups in total. The Morgan fingerprint density at radius 1 is 1.38 bits per heavy atom. The van der Waals surface area contributed by atoms with E-state index in [1.54, 1.807) is 18.9 Å². The van der Waals surface area contributed by atoms with Crippen molar-refractivity contribution in [1.82, 2.24) is 0 Å². The molecule has 2 nitrogen and oxygen atoms in total. The molecule has 0 bridgehead atoms. The molecule has 1 aromatic carbocycles. The molecule has 3 heteroatoms. The number of methoxy groups -OCH3 is 1. The molecule has 0 aromatic heterocycles. The lowest BCUT2D eigenvalue weighted by Gasteiger charge is -2.16. The molecule has 0 aliphatic heterocycles. The van der Waals surface area contributed by atoms with Crippen LogP contribution in [0.4, 0.5) is 0 Å². The summed E-state index contributed by atoms with van der Waals surface area (Å²) in [4.78, 5) is 0. The van der Waals surface area contributed by atoms with Gasteiger partial charge in [-0.2, -0.15) is 11.8 Å². The lowest BCUT2D eigenvalue weighted by Crippen LogP contribution is -2.06. The van der Waals surface area contributed by atoms with Gasteiger partial charge < -0.3 is 9.84 Å². The molecular formula is C13H20O2S. The standard InChI is InChI=1S/C13H20O2S/c1-4-10(2)16-9-12(14)11-7-5-6-8-13(11)15-3/h5-8,10,12,14H,4,9H2,1-3H3. The van der Waals surface area contributed by atoms with Gasteiger partial charge in [-0.15, -0.1) is 0 Å². The lowest BCUT2D eigenvalue weighted by atomic mass is 10.1. The molecule has 90 valence electrons. The quantitative estimate of drug-likeness (QED) is 0.827. The summed E-state index contributed by atoms with van der Waals surface area (Å²) in [5, 5.41) is 10.7. The SMILES string of the molecule is CCC(C)SCC(O)c1ccccc1OC. The van der Waals surface area contributed by atoms with Crippen molar-refractivity contribution in [2.24, 2.45) is 0 Å². The van der Waals surface area contributed by atoms with E-state index < -0.39 is 6.10 Å². The number of thioether (sulfide) groups is 1. The Morgan fingerprint density at radius 3 is 2.69 bits per heavy atom. The van der Waals surface area contributed by atoms with E-state index in [0.29, 0.717) is 5.25 Å². The van der Waals surface area contributed by atoms with Crippen molar-refractivity contribution in [2.45, 2.75) is 31.6 Å². The van der Waals surface area contributed by atoms with Gasteiger partial charge in [-0.05, 0) is 12.5 Å². The zero-order valence-electron chi connectivity index (χ0n) is 10.1. The predicted octanol–water partition coefficient (Wildman–Crippen LogP) is 3.26. The summed E-state index contributed by atoms with van der Waals surface area (Å²) in [6.45, 7) is 4.34. The lowest BCUT2D eigenvalue weighted by molar-refractivity contribution is 0.199. The van der Waals surface area contributed by atoms with Crippen molar-refractivity contribution in [3.63, 3.8) is 0 Å². The highest BCUT2D eigenvalue weighted by atomic mass is 32.2. The Kier molecular flexibility index (Phi) is 5.71. The second-order valence-corrected chi connectivity index (χ2v) is 5.28. The molecule has 0 aliphatic rings. The minimum absolute atomic E-state index is 0.449. The van der Waals surface area contributed by atoms with Crippen LogP contribution in [0.1, 0.15) is 31.9 Å². The predicted molar refractivity (Wildman–Crippen MR) is 70.2 cm³/mol. The minimum atomic E-state index is -0.449. The van der Waals surface area contributed by atoms with Crippen LogP contribution < -0.4 is 4.74 Å². The van der Waals surface area contributed by atoms with Crippen molar-refractivity contribution in [3.05, 3.63) is 29.8 Å². The highest BCUT2D eigenvalue weighted by Crippen LogP contribution is 2.28. The van der Waals surface area contributed by atoms with Crippen molar-refractivity contribution >= 4 is 11.8 Å². The molecule has 2 unspecified atom stereocenters. The molecule has 0 aliphatic carbocycles. The summed E-state index contributed by atoms with van der Waals surface area (Å²) in [6.07, 6.45) is 0.679. The average molecular weight is 240 g/mol. The Hall–Kier alpha value is -0.670. The van der Waals surface area contributed by atoms with Crippen LogP contribution in [0, 0.1) is 0 Å². The summed E-state index contributed by atoms with van der Waals surface area (Å²) in [6, 6.07) is 7.64. The number of aliphatic hydroxyl groups excluding tert-OH is 1. The zero-order valence-corrected chi connectivity index (χ0v) is 11.0. The molecule has 0 fully saturated rings. The van der Waals surface area contributed by atoms with Crippen LogP contribution in [0.15, 0.2) is 24.3 Å². The number of ether oxygens (including phenoxy) is 1. The number of benzene rings is 1. The molecule has 2 atom stereocenters. The number of para-hydroxylation sites is 1. The summed E-state index contributed by atoms with van der Waals surface area (Å²) >= 11 is 1.79. The number of aliphatic hydroxyl groups is 1. The van der Waals surface area contributed by atoms with Crippen LogP contribution in [0.2, 0.25) is 0 Å². The topological polar surface area (TPSA) is 29.5 Å². The van der Waals surface area contributed by atoms with E-state index in [2.05, 4.69) is 13.8 Å². The largest absolute Gasteiger partial charge is 0.496 e. The fourth-order valence-corrected chi connectivity index (χ4v) is 2.33. The third-order valence-electron chi connectivity index (χ3n) is 2.61. The van der Waals surface area contributed by atoms with Gasteiger partial charge in [0.1, 0.15) is 5.75 Å². The maximum atomic E-state index is 10.1. The number of hydrogen-bond acceptors (Lipinski definition) is 3. The first kappa shape index (κ1) is 13.4. The van der Waals surface area contributed by atoms with Gasteiger partial charge in [0.15, 0.2) is 0 Å². The monoisotopic (exact) mass is 240 g/mol. The van der Waals surface area contributed by atoms with Gasteiger partial charge in [0.2, 0.25) is 0 Å². The first-order valence-corrected chi connectivity index (χ1v) is 6.66. The zero-order chi connectivity index (χ0) is 12.0. The van der Waals surface area contributed by atoms with Crippen LogP contribution in [-0.4, -0.2) is 23.2 Å². The highest BCUT2D eigenvalue weighted by molar-refractivity contribution is 7.99. The van der Waals surface area contributed by atoms with E-state index in [1.165, 1.54) is 0 Å². The van der Waals surface area contributed by atoms with Crippen LogP contribution in [0.3, 0.4) is 0 Å². The summed E-state index contributed by atoms with van der Waals surface area (Å²) < 4.78 is 5.23. The number of hydrogen-bond donors (Lipinski definition) is 1. The van der Waals surface area contributed by atoms with E-state index in [4.69, 9.17) is 4.74 Å². The normalized spacial score (nSPS) is 14.5. The second kappa shape index (κ2) is 6.81. The molecule has 0 radical (unpaired) electrons. The van der Waals surface area contributed by atoms with Crippen molar-refractivity contribution in [1.29, 1.82) is 0 Å². The first-order valence-electron chi connectivity index (χ1n) is 5.61. The van der Waals surface area contributed by atoms with E-state index in [1.807, 2.05) is 24.3 Å². The molecule has 1 rings (SSSR count). The molecule has 0 saturated carbocycles. The molecule has 16 heavy (non-hydrogen) atoms. The van der Waals surface area contributed by atoms with E-state index in [0.717, 1.165) is 23.5 Å². The highest BCUT2D eigenvalue weighted by Gasteiger charge is 2.13. The van der Waals surface area contributed by atoms with Crippen LogP contribution in [0.5, 0.6) is 5.75 Å². The Bertz CT molecular complexity index is 315. The molecule has 0 heterocycles. The van der Waals surface area contributed by atoms with E-state index in [9.17, 15) is 5.11 Å². The molecule has 0 spiro atoms. The summed E-state index contributed by atoms with van der Waals surface area (Å²) in [5.74, 6) is 1.48. The molecule has 1 aromatic rings. The van der Waals surface area contributed by atoms with Gasteiger partial charge in [0, 0.05) is 16.6 Å². The van der Waals surface area contributed by atoms with Gasteiger partial charge in [-0.25, -0.2) is 0 Å². The maximum absolute atomic E-state index is 10.1. The number of rotatable bonds is 6. The minimum Gasteiger partial charge on any atom is -0.496 e. The molecule has 0 saturated heterocycles. The van der Waals surface area contributed by atoms with Gasteiger partial charge in [-0.3, -0.25) is 0 Å². The summed E-state index contributed by atoms with van der Waals surface area (Å²) in [7, 11) is 1.63. The maximum Gasteiger partial charge on any atom is 0.124 e. The third kappa shape index (κ3) is 3.72. The van der Waals surface area contributed by atoms with Crippen molar-refractivity contribution in [3.8, 4) is 5.75 Å². The van der Waals surface area contributed by atoms with Crippen molar-refractivity contribution in [2.75, 3.05) is 12.9 Å². The van der Waals surface area contributed by atoms with E-state index in [-0.39, 0.29) is 0 Å². The Labute approximate surface area is 102 Å². The first-order chi connectivity index (χ1) is 7.69. The third-order valence-corrected chi connectivity index (χ3v) is 4.02. The van der Waals surface area contributed by atoms with Crippen LogP contribution >= 0.6 is 11.8 Å². The van der Waals surface area contributed by atoms with Gasteiger partial charge in [0.05, 0.1) is 13.2 Å². The Balaban J connectivity index is 2.61.